The van der Waals surface area contributed by atoms with Gasteiger partial charge in [-0.3, -0.25) is 4.79 Å². The van der Waals surface area contributed by atoms with E-state index < -0.39 is 0 Å². The van der Waals surface area contributed by atoms with Gasteiger partial charge in [0.25, 0.3) is 5.91 Å². The summed E-state index contributed by atoms with van der Waals surface area (Å²) in [7, 11) is 0. The maximum atomic E-state index is 13.4. The van der Waals surface area contributed by atoms with Gasteiger partial charge in [0.15, 0.2) is 0 Å². The standard InChI is InChI=1S/C16H16FNO/c1-11-5-3-4-6-14(11)10-18-16(19)13-8-7-12(2)15(17)9-13/h3-9H,10H2,1-2H3,(H,18,19). The SMILES string of the molecule is Cc1ccc(C(=O)NCc2ccccc2C)cc1F. The van der Waals surface area contributed by atoms with Crippen LogP contribution in [0.15, 0.2) is 42.5 Å². The molecule has 0 bridgehead atoms. The molecule has 2 aromatic rings. The van der Waals surface area contributed by atoms with Crippen molar-refractivity contribution in [3.8, 4) is 0 Å². The van der Waals surface area contributed by atoms with Crippen LogP contribution in [0.4, 0.5) is 4.39 Å². The highest BCUT2D eigenvalue weighted by Crippen LogP contribution is 2.10. The van der Waals surface area contributed by atoms with Crippen LogP contribution >= 0.6 is 0 Å². The van der Waals surface area contributed by atoms with Crippen LogP contribution in [0.5, 0.6) is 0 Å². The molecule has 0 atom stereocenters. The van der Waals surface area contributed by atoms with Gasteiger partial charge in [0, 0.05) is 12.1 Å². The van der Waals surface area contributed by atoms with Crippen LogP contribution in [-0.4, -0.2) is 5.91 Å². The molecule has 2 nitrogen and oxygen atoms in total. The monoisotopic (exact) mass is 257 g/mol. The highest BCUT2D eigenvalue weighted by atomic mass is 19.1. The molecule has 1 N–H and O–H groups in total. The van der Waals surface area contributed by atoms with Crippen molar-refractivity contribution in [1.82, 2.24) is 5.32 Å². The van der Waals surface area contributed by atoms with Gasteiger partial charge in [-0.1, -0.05) is 30.3 Å². The first-order chi connectivity index (χ1) is 9.08. The predicted octanol–water partition coefficient (Wildman–Crippen LogP) is 3.37. The molecule has 0 saturated heterocycles. The average Bonchev–Trinajstić information content (AvgIpc) is 2.40. The Morgan fingerprint density at radius 2 is 1.84 bits per heavy atom. The minimum absolute atomic E-state index is 0.262. The Morgan fingerprint density at radius 1 is 1.11 bits per heavy atom. The number of rotatable bonds is 3. The number of nitrogens with one attached hydrogen (secondary N) is 1. The minimum Gasteiger partial charge on any atom is -0.348 e. The van der Waals surface area contributed by atoms with Crippen LogP contribution in [-0.2, 0) is 6.54 Å². The number of hydrogen-bond donors (Lipinski definition) is 1. The third-order valence-electron chi connectivity index (χ3n) is 3.13. The van der Waals surface area contributed by atoms with E-state index >= 15 is 0 Å². The van der Waals surface area contributed by atoms with Gasteiger partial charge in [0.1, 0.15) is 5.82 Å². The molecule has 0 aliphatic heterocycles. The fourth-order valence-corrected chi connectivity index (χ4v) is 1.82. The smallest absolute Gasteiger partial charge is 0.251 e. The van der Waals surface area contributed by atoms with Gasteiger partial charge in [-0.2, -0.15) is 0 Å². The molecule has 2 aromatic carbocycles. The lowest BCUT2D eigenvalue weighted by Gasteiger charge is -2.08. The van der Waals surface area contributed by atoms with Crippen molar-refractivity contribution in [2.75, 3.05) is 0 Å². The molecule has 1 amide bonds. The van der Waals surface area contributed by atoms with Crippen molar-refractivity contribution >= 4 is 5.91 Å². The van der Waals surface area contributed by atoms with Crippen LogP contribution < -0.4 is 5.32 Å². The molecule has 0 spiro atoms. The summed E-state index contributed by atoms with van der Waals surface area (Å²) in [4.78, 5) is 11.9. The van der Waals surface area contributed by atoms with E-state index in [-0.39, 0.29) is 11.7 Å². The van der Waals surface area contributed by atoms with E-state index in [2.05, 4.69) is 5.32 Å². The Balaban J connectivity index is 2.05. The lowest BCUT2D eigenvalue weighted by atomic mass is 10.1. The summed E-state index contributed by atoms with van der Waals surface area (Å²) >= 11 is 0. The Hall–Kier alpha value is -2.16. The summed E-state index contributed by atoms with van der Waals surface area (Å²) in [6, 6.07) is 12.3. The van der Waals surface area contributed by atoms with Crippen LogP contribution in [0.1, 0.15) is 27.0 Å². The van der Waals surface area contributed by atoms with Gasteiger partial charge in [-0.15, -0.1) is 0 Å². The van der Waals surface area contributed by atoms with Gasteiger partial charge in [-0.05, 0) is 42.7 Å². The normalized spacial score (nSPS) is 10.3. The van der Waals surface area contributed by atoms with Crippen molar-refractivity contribution in [3.63, 3.8) is 0 Å². The van der Waals surface area contributed by atoms with E-state index in [9.17, 15) is 9.18 Å². The molecule has 98 valence electrons. The number of carbonyl (C=O) groups is 1. The van der Waals surface area contributed by atoms with Gasteiger partial charge < -0.3 is 5.32 Å². The molecule has 0 fully saturated rings. The first kappa shape index (κ1) is 13.3. The van der Waals surface area contributed by atoms with E-state index in [4.69, 9.17) is 0 Å². The quantitative estimate of drug-likeness (QED) is 0.897. The molecular formula is C16H16FNO. The van der Waals surface area contributed by atoms with E-state index in [1.54, 1.807) is 19.1 Å². The molecule has 2 rings (SSSR count). The molecule has 0 radical (unpaired) electrons. The molecular weight excluding hydrogens is 241 g/mol. The largest absolute Gasteiger partial charge is 0.348 e. The second-order valence-electron chi connectivity index (χ2n) is 4.57. The van der Waals surface area contributed by atoms with Gasteiger partial charge in [-0.25, -0.2) is 4.39 Å². The van der Waals surface area contributed by atoms with Crippen molar-refractivity contribution in [3.05, 3.63) is 70.5 Å². The second kappa shape index (κ2) is 5.65. The molecule has 0 saturated carbocycles. The molecule has 0 heterocycles. The fraction of sp³-hybridized carbons (Fsp3) is 0.188. The summed E-state index contributed by atoms with van der Waals surface area (Å²) in [6.07, 6.45) is 0. The molecule has 0 aromatic heterocycles. The lowest BCUT2D eigenvalue weighted by Crippen LogP contribution is -2.23. The van der Waals surface area contributed by atoms with Crippen molar-refractivity contribution < 1.29 is 9.18 Å². The van der Waals surface area contributed by atoms with Crippen LogP contribution in [0.25, 0.3) is 0 Å². The van der Waals surface area contributed by atoms with Gasteiger partial charge in [0.05, 0.1) is 0 Å². The number of amides is 1. The van der Waals surface area contributed by atoms with Gasteiger partial charge in [0.2, 0.25) is 0 Å². The van der Waals surface area contributed by atoms with E-state index in [1.807, 2.05) is 31.2 Å². The van der Waals surface area contributed by atoms with Crippen molar-refractivity contribution in [2.24, 2.45) is 0 Å². The molecule has 0 aliphatic rings. The molecule has 0 aliphatic carbocycles. The minimum atomic E-state index is -0.358. The predicted molar refractivity (Wildman–Crippen MR) is 73.5 cm³/mol. The maximum absolute atomic E-state index is 13.4. The molecule has 0 unspecified atom stereocenters. The summed E-state index contributed by atoms with van der Waals surface area (Å²) in [5.74, 6) is -0.620. The van der Waals surface area contributed by atoms with Crippen LogP contribution in [0.3, 0.4) is 0 Å². The number of aryl methyl sites for hydroxylation is 2. The van der Waals surface area contributed by atoms with Crippen molar-refractivity contribution in [1.29, 1.82) is 0 Å². The van der Waals surface area contributed by atoms with Gasteiger partial charge >= 0.3 is 0 Å². The third-order valence-corrected chi connectivity index (χ3v) is 3.13. The topological polar surface area (TPSA) is 29.1 Å². The Labute approximate surface area is 112 Å². The lowest BCUT2D eigenvalue weighted by molar-refractivity contribution is 0.0950. The fourth-order valence-electron chi connectivity index (χ4n) is 1.82. The summed E-state index contributed by atoms with van der Waals surface area (Å²) in [5.41, 5.74) is 3.06. The van der Waals surface area contributed by atoms with Crippen LogP contribution in [0.2, 0.25) is 0 Å². The first-order valence-electron chi connectivity index (χ1n) is 6.17. The van der Waals surface area contributed by atoms with E-state index in [0.29, 0.717) is 17.7 Å². The van der Waals surface area contributed by atoms with E-state index in [0.717, 1.165) is 11.1 Å². The highest BCUT2D eigenvalue weighted by molar-refractivity contribution is 5.94. The van der Waals surface area contributed by atoms with Crippen LogP contribution in [0, 0.1) is 19.7 Å². The zero-order valence-electron chi connectivity index (χ0n) is 11.0. The Kier molecular flexibility index (Phi) is 3.95. The maximum Gasteiger partial charge on any atom is 0.251 e. The van der Waals surface area contributed by atoms with E-state index in [1.165, 1.54) is 6.07 Å². The summed E-state index contributed by atoms with van der Waals surface area (Å²) < 4.78 is 13.4. The number of halogens is 1. The average molecular weight is 257 g/mol. The molecule has 19 heavy (non-hydrogen) atoms. The highest BCUT2D eigenvalue weighted by Gasteiger charge is 2.08. The van der Waals surface area contributed by atoms with Crippen molar-refractivity contribution in [2.45, 2.75) is 20.4 Å². The number of carbonyl (C=O) groups excluding carboxylic acids is 1. The summed E-state index contributed by atoms with van der Waals surface area (Å²) in [6.45, 7) is 4.11. The zero-order chi connectivity index (χ0) is 13.8. The number of hydrogen-bond acceptors (Lipinski definition) is 1. The Morgan fingerprint density at radius 3 is 2.53 bits per heavy atom. The second-order valence-corrected chi connectivity index (χ2v) is 4.57. The molecule has 3 heteroatoms. The summed E-state index contributed by atoms with van der Waals surface area (Å²) in [5, 5.41) is 2.80. The number of benzene rings is 2. The first-order valence-corrected chi connectivity index (χ1v) is 6.17. The zero-order valence-corrected chi connectivity index (χ0v) is 11.0. The third kappa shape index (κ3) is 3.19. The Bertz CT molecular complexity index is 607.